The highest BCUT2D eigenvalue weighted by atomic mass is 19.4. The van der Waals surface area contributed by atoms with Gasteiger partial charge in [-0.15, -0.1) is 0 Å². The zero-order valence-corrected chi connectivity index (χ0v) is 12.6. The molecule has 0 aromatic heterocycles. The van der Waals surface area contributed by atoms with Gasteiger partial charge >= 0.3 is 6.18 Å². The Hall–Kier alpha value is -1.74. The first-order valence-electron chi connectivity index (χ1n) is 7.37. The smallest absolute Gasteiger partial charge is 0.388 e. The molecule has 0 radical (unpaired) electrons. The molecule has 0 amide bonds. The Bertz CT molecular complexity index is 594. The quantitative estimate of drug-likeness (QED) is 0.925. The highest BCUT2D eigenvalue weighted by Gasteiger charge is 2.44. The largest absolute Gasteiger partial charge is 0.417 e. The molecule has 0 aliphatic carbocycles. The van der Waals surface area contributed by atoms with Crippen molar-refractivity contribution >= 4 is 5.69 Å². The molecule has 1 aliphatic rings. The van der Waals surface area contributed by atoms with Crippen molar-refractivity contribution in [3.63, 3.8) is 0 Å². The lowest BCUT2D eigenvalue weighted by molar-refractivity contribution is -0.137. The number of halogens is 3. The van der Waals surface area contributed by atoms with Gasteiger partial charge in [-0.3, -0.25) is 0 Å². The van der Waals surface area contributed by atoms with Crippen LogP contribution in [0.25, 0.3) is 0 Å². The van der Waals surface area contributed by atoms with E-state index >= 15 is 0 Å². The highest BCUT2D eigenvalue weighted by molar-refractivity contribution is 5.56. The fourth-order valence-corrected chi connectivity index (χ4v) is 3.29. The maximum atomic E-state index is 13.1. The van der Waals surface area contributed by atoms with Crippen LogP contribution in [0.4, 0.5) is 18.9 Å². The Morgan fingerprint density at radius 2 is 2.09 bits per heavy atom. The minimum absolute atomic E-state index is 0.216. The first kappa shape index (κ1) is 16.6. The van der Waals surface area contributed by atoms with E-state index in [1.165, 1.54) is 12.1 Å². The molecule has 1 aromatic carbocycles. The van der Waals surface area contributed by atoms with E-state index in [4.69, 9.17) is 5.26 Å². The summed E-state index contributed by atoms with van der Waals surface area (Å²) in [5.41, 5.74) is -1.77. The monoisotopic (exact) mass is 312 g/mol. The molecule has 1 N–H and O–H groups in total. The Labute approximate surface area is 128 Å². The predicted octanol–water partition coefficient (Wildman–Crippen LogP) is 3.71. The Morgan fingerprint density at radius 3 is 2.59 bits per heavy atom. The minimum atomic E-state index is -4.57. The maximum absolute atomic E-state index is 13.1. The van der Waals surface area contributed by atoms with E-state index in [-0.39, 0.29) is 11.6 Å². The van der Waals surface area contributed by atoms with Gasteiger partial charge in [0.25, 0.3) is 0 Å². The fourth-order valence-electron chi connectivity index (χ4n) is 3.29. The van der Waals surface area contributed by atoms with E-state index in [9.17, 15) is 18.3 Å². The van der Waals surface area contributed by atoms with Crippen molar-refractivity contribution in [2.45, 2.75) is 50.9 Å². The number of anilines is 1. The molecule has 0 spiro atoms. The first-order chi connectivity index (χ1) is 10.3. The third-order valence-electron chi connectivity index (χ3n) is 4.54. The normalized spacial score (nSPS) is 25.3. The lowest BCUT2D eigenvalue weighted by atomic mass is 9.90. The maximum Gasteiger partial charge on any atom is 0.417 e. The van der Waals surface area contributed by atoms with E-state index in [0.717, 1.165) is 6.07 Å². The van der Waals surface area contributed by atoms with Crippen molar-refractivity contribution in [1.82, 2.24) is 0 Å². The summed E-state index contributed by atoms with van der Waals surface area (Å²) in [5.74, 6) is 0. The molecule has 2 atom stereocenters. The number of alkyl halides is 3. The number of nitrogens with zero attached hydrogens (tertiary/aromatic N) is 2. The van der Waals surface area contributed by atoms with Crippen LogP contribution in [-0.2, 0) is 6.18 Å². The van der Waals surface area contributed by atoms with Crippen LogP contribution in [0.1, 0.15) is 44.2 Å². The molecule has 3 nitrogen and oxygen atoms in total. The molecular formula is C16H19F3N2O. The summed E-state index contributed by atoms with van der Waals surface area (Å²) in [4.78, 5) is 1.82. The average molecular weight is 312 g/mol. The summed E-state index contributed by atoms with van der Waals surface area (Å²) >= 11 is 0. The number of rotatable bonds is 3. The summed E-state index contributed by atoms with van der Waals surface area (Å²) in [7, 11) is 0. The standard InChI is InChI=1S/C16H19F3N2O/c1-3-14-15(22,4-2)7-8-21(14)12-6-5-11(10-20)13(9-12)16(17,18)19/h5-6,9,14,22H,3-4,7-8H2,1-2H3. The minimum Gasteiger partial charge on any atom is -0.388 e. The third-order valence-corrected chi connectivity index (χ3v) is 4.54. The summed E-state index contributed by atoms with van der Waals surface area (Å²) in [6.45, 7) is 4.30. The van der Waals surface area contributed by atoms with Crippen LogP contribution in [0, 0.1) is 11.3 Å². The van der Waals surface area contributed by atoms with E-state index in [1.54, 1.807) is 6.07 Å². The second kappa shape index (κ2) is 5.81. The summed E-state index contributed by atoms with van der Waals surface area (Å²) in [6.07, 6.45) is -2.83. The van der Waals surface area contributed by atoms with Crippen LogP contribution in [0.3, 0.4) is 0 Å². The van der Waals surface area contributed by atoms with Gasteiger partial charge in [-0.1, -0.05) is 13.8 Å². The molecule has 1 fully saturated rings. The Balaban J connectivity index is 2.44. The topological polar surface area (TPSA) is 47.3 Å². The van der Waals surface area contributed by atoms with Crippen LogP contribution >= 0.6 is 0 Å². The van der Waals surface area contributed by atoms with Crippen molar-refractivity contribution in [3.8, 4) is 6.07 Å². The molecule has 1 saturated heterocycles. The van der Waals surface area contributed by atoms with Crippen molar-refractivity contribution < 1.29 is 18.3 Å². The van der Waals surface area contributed by atoms with Gasteiger partial charge in [-0.25, -0.2) is 0 Å². The van der Waals surface area contributed by atoms with Crippen LogP contribution in [0.2, 0.25) is 0 Å². The molecule has 0 bridgehead atoms. The molecule has 2 unspecified atom stereocenters. The van der Waals surface area contributed by atoms with Crippen molar-refractivity contribution in [2.75, 3.05) is 11.4 Å². The molecular weight excluding hydrogens is 293 g/mol. The van der Waals surface area contributed by atoms with E-state index in [2.05, 4.69) is 0 Å². The Kier molecular flexibility index (Phi) is 4.39. The molecule has 0 saturated carbocycles. The van der Waals surface area contributed by atoms with Crippen LogP contribution in [0.15, 0.2) is 18.2 Å². The zero-order chi connectivity index (χ0) is 16.5. The van der Waals surface area contributed by atoms with Crippen molar-refractivity contribution in [3.05, 3.63) is 29.3 Å². The summed E-state index contributed by atoms with van der Waals surface area (Å²) in [6, 6.07) is 5.11. The van der Waals surface area contributed by atoms with Crippen LogP contribution in [0.5, 0.6) is 0 Å². The van der Waals surface area contributed by atoms with Gasteiger partial charge in [0.1, 0.15) is 0 Å². The predicted molar refractivity (Wildman–Crippen MR) is 77.4 cm³/mol. The molecule has 22 heavy (non-hydrogen) atoms. The summed E-state index contributed by atoms with van der Waals surface area (Å²) in [5, 5.41) is 19.5. The summed E-state index contributed by atoms with van der Waals surface area (Å²) < 4.78 is 39.2. The van der Waals surface area contributed by atoms with Crippen LogP contribution in [-0.4, -0.2) is 23.3 Å². The van der Waals surface area contributed by atoms with E-state index in [0.29, 0.717) is 31.5 Å². The highest BCUT2D eigenvalue weighted by Crippen LogP contribution is 2.40. The number of benzene rings is 1. The second-order valence-corrected chi connectivity index (χ2v) is 5.66. The van der Waals surface area contributed by atoms with Gasteiger partial charge in [0.15, 0.2) is 0 Å². The van der Waals surface area contributed by atoms with Crippen molar-refractivity contribution in [2.24, 2.45) is 0 Å². The molecule has 1 heterocycles. The number of hydrogen-bond acceptors (Lipinski definition) is 3. The molecule has 1 aromatic rings. The Morgan fingerprint density at radius 1 is 1.41 bits per heavy atom. The second-order valence-electron chi connectivity index (χ2n) is 5.66. The SMILES string of the molecule is CCC1N(c2ccc(C#N)c(C(F)(F)F)c2)CCC1(O)CC. The fraction of sp³-hybridized carbons (Fsp3) is 0.562. The van der Waals surface area contributed by atoms with Crippen LogP contribution < -0.4 is 4.90 Å². The molecule has 2 rings (SSSR count). The lowest BCUT2D eigenvalue weighted by Crippen LogP contribution is -2.44. The van der Waals surface area contributed by atoms with Gasteiger partial charge in [0.2, 0.25) is 0 Å². The number of nitriles is 1. The van der Waals surface area contributed by atoms with Gasteiger partial charge in [0.05, 0.1) is 28.8 Å². The lowest BCUT2D eigenvalue weighted by Gasteiger charge is -2.34. The van der Waals surface area contributed by atoms with E-state index in [1.807, 2.05) is 18.7 Å². The van der Waals surface area contributed by atoms with E-state index < -0.39 is 17.3 Å². The number of aliphatic hydroxyl groups is 1. The molecule has 120 valence electrons. The first-order valence-corrected chi connectivity index (χ1v) is 7.37. The zero-order valence-electron chi connectivity index (χ0n) is 12.6. The van der Waals surface area contributed by atoms with Gasteiger partial charge in [0, 0.05) is 12.2 Å². The van der Waals surface area contributed by atoms with Crippen molar-refractivity contribution in [1.29, 1.82) is 5.26 Å². The average Bonchev–Trinajstić information content (AvgIpc) is 2.83. The number of hydrogen-bond donors (Lipinski definition) is 1. The molecule has 1 aliphatic heterocycles. The third kappa shape index (κ3) is 2.78. The van der Waals surface area contributed by atoms with Gasteiger partial charge < -0.3 is 10.0 Å². The van der Waals surface area contributed by atoms with Gasteiger partial charge in [-0.2, -0.15) is 18.4 Å². The van der Waals surface area contributed by atoms with Gasteiger partial charge in [-0.05, 0) is 37.5 Å². The molecule has 6 heteroatoms.